The molecule has 6 heteroatoms. The van der Waals surface area contributed by atoms with Crippen molar-refractivity contribution in [3.63, 3.8) is 0 Å². The maximum absolute atomic E-state index is 13.4. The highest BCUT2D eigenvalue weighted by Gasteiger charge is 2.09. The van der Waals surface area contributed by atoms with Crippen molar-refractivity contribution in [1.82, 2.24) is 9.78 Å². The second-order valence-electron chi connectivity index (χ2n) is 4.19. The molecule has 2 rings (SSSR count). The third-order valence-electron chi connectivity index (χ3n) is 2.71. The van der Waals surface area contributed by atoms with E-state index in [0.29, 0.717) is 22.5 Å². The van der Waals surface area contributed by atoms with Crippen molar-refractivity contribution in [3.8, 4) is 5.75 Å². The van der Waals surface area contributed by atoms with Gasteiger partial charge in [-0.1, -0.05) is 0 Å². The Morgan fingerprint density at radius 3 is 2.84 bits per heavy atom. The average molecular weight is 328 g/mol. The molecule has 0 aliphatic rings. The number of hydrogen-bond donors (Lipinski definition) is 1. The summed E-state index contributed by atoms with van der Waals surface area (Å²) in [7, 11) is 0. The Hall–Kier alpha value is -1.56. The van der Waals surface area contributed by atoms with Crippen LogP contribution < -0.4 is 10.5 Å². The number of aromatic nitrogens is 2. The lowest BCUT2D eigenvalue weighted by Gasteiger charge is -2.10. The molecule has 19 heavy (non-hydrogen) atoms. The molecule has 0 aliphatic heterocycles. The first-order valence-electron chi connectivity index (χ1n) is 5.92. The number of hydrogen-bond acceptors (Lipinski definition) is 3. The highest BCUT2D eigenvalue weighted by molar-refractivity contribution is 9.10. The molecule has 0 bridgehead atoms. The summed E-state index contributed by atoms with van der Waals surface area (Å²) < 4.78 is 21.2. The van der Waals surface area contributed by atoms with Gasteiger partial charge in [0.2, 0.25) is 0 Å². The van der Waals surface area contributed by atoms with E-state index in [2.05, 4.69) is 21.0 Å². The summed E-state index contributed by atoms with van der Waals surface area (Å²) in [5, 5.41) is 4.32. The molecule has 0 saturated carbocycles. The van der Waals surface area contributed by atoms with E-state index in [1.165, 1.54) is 12.1 Å². The Balaban J connectivity index is 2.16. The topological polar surface area (TPSA) is 53.1 Å². The van der Waals surface area contributed by atoms with Crippen LogP contribution in [0.2, 0.25) is 0 Å². The second kappa shape index (κ2) is 5.61. The number of halogens is 2. The van der Waals surface area contributed by atoms with Crippen LogP contribution in [-0.2, 0) is 13.2 Å². The Morgan fingerprint density at radius 1 is 1.42 bits per heavy atom. The van der Waals surface area contributed by atoms with E-state index < -0.39 is 5.82 Å². The van der Waals surface area contributed by atoms with Gasteiger partial charge < -0.3 is 10.5 Å². The summed E-state index contributed by atoms with van der Waals surface area (Å²) in [6, 6.07) is 4.71. The molecule has 0 amide bonds. The molecule has 0 atom stereocenters. The fourth-order valence-corrected chi connectivity index (χ4v) is 2.17. The highest BCUT2D eigenvalue weighted by Crippen LogP contribution is 2.29. The van der Waals surface area contributed by atoms with Crippen molar-refractivity contribution >= 4 is 21.6 Å². The van der Waals surface area contributed by atoms with Crippen LogP contribution in [0, 0.1) is 12.7 Å². The van der Waals surface area contributed by atoms with Crippen molar-refractivity contribution in [2.75, 3.05) is 5.73 Å². The maximum Gasteiger partial charge on any atom is 0.145 e. The van der Waals surface area contributed by atoms with Gasteiger partial charge in [-0.15, -0.1) is 0 Å². The summed E-state index contributed by atoms with van der Waals surface area (Å²) in [6.45, 7) is 4.99. The van der Waals surface area contributed by atoms with E-state index in [4.69, 9.17) is 10.5 Å². The van der Waals surface area contributed by atoms with Gasteiger partial charge in [-0.2, -0.15) is 5.10 Å². The molecule has 102 valence electrons. The van der Waals surface area contributed by atoms with Gasteiger partial charge in [-0.25, -0.2) is 4.39 Å². The minimum absolute atomic E-state index is 0.306. The normalized spacial score (nSPS) is 10.7. The van der Waals surface area contributed by atoms with E-state index in [-0.39, 0.29) is 0 Å². The molecule has 0 radical (unpaired) electrons. The van der Waals surface area contributed by atoms with Gasteiger partial charge >= 0.3 is 0 Å². The zero-order valence-corrected chi connectivity index (χ0v) is 12.4. The summed E-state index contributed by atoms with van der Waals surface area (Å²) in [4.78, 5) is 0. The standard InChI is InChI=1S/C13H15BrFN3O/c1-3-18-9(4-8(2)17-18)7-19-13-6-11(15)10(14)5-12(13)16/h4-6H,3,7,16H2,1-2H3. The van der Waals surface area contributed by atoms with E-state index in [0.717, 1.165) is 17.9 Å². The minimum Gasteiger partial charge on any atom is -0.485 e. The number of anilines is 1. The Morgan fingerprint density at radius 2 is 2.16 bits per heavy atom. The quantitative estimate of drug-likeness (QED) is 0.877. The number of nitrogen functional groups attached to an aromatic ring is 1. The molecule has 0 unspecified atom stereocenters. The number of benzene rings is 1. The summed E-state index contributed by atoms with van der Waals surface area (Å²) in [6.07, 6.45) is 0. The molecular formula is C13H15BrFN3O. The molecule has 4 nitrogen and oxygen atoms in total. The van der Waals surface area contributed by atoms with Crippen LogP contribution in [0.3, 0.4) is 0 Å². The molecule has 0 saturated heterocycles. The van der Waals surface area contributed by atoms with Crippen molar-refractivity contribution in [2.45, 2.75) is 27.0 Å². The lowest BCUT2D eigenvalue weighted by molar-refractivity contribution is 0.292. The van der Waals surface area contributed by atoms with Gasteiger partial charge in [0.25, 0.3) is 0 Å². The third kappa shape index (κ3) is 3.07. The van der Waals surface area contributed by atoms with Crippen LogP contribution in [0.25, 0.3) is 0 Å². The fourth-order valence-electron chi connectivity index (χ4n) is 1.81. The van der Waals surface area contributed by atoms with Crippen LogP contribution >= 0.6 is 15.9 Å². The molecule has 2 N–H and O–H groups in total. The van der Waals surface area contributed by atoms with Crippen LogP contribution in [0.15, 0.2) is 22.7 Å². The van der Waals surface area contributed by atoms with Crippen molar-refractivity contribution < 1.29 is 9.13 Å². The number of nitrogens with two attached hydrogens (primary N) is 1. The fraction of sp³-hybridized carbons (Fsp3) is 0.308. The molecule has 0 spiro atoms. The Bertz CT molecular complexity index is 598. The predicted octanol–water partition coefficient (Wildman–Crippen LogP) is 3.27. The van der Waals surface area contributed by atoms with Gasteiger partial charge in [-0.05, 0) is 41.9 Å². The largest absolute Gasteiger partial charge is 0.485 e. The van der Waals surface area contributed by atoms with E-state index in [1.54, 1.807) is 0 Å². The van der Waals surface area contributed by atoms with Gasteiger partial charge in [0.1, 0.15) is 18.2 Å². The van der Waals surface area contributed by atoms with Crippen LogP contribution in [0.5, 0.6) is 5.75 Å². The number of rotatable bonds is 4. The van der Waals surface area contributed by atoms with Crippen molar-refractivity contribution in [2.24, 2.45) is 0 Å². The van der Waals surface area contributed by atoms with Crippen LogP contribution in [0.4, 0.5) is 10.1 Å². The molecule has 2 aromatic rings. The number of aryl methyl sites for hydroxylation is 2. The molecule has 1 aromatic carbocycles. The third-order valence-corrected chi connectivity index (χ3v) is 3.32. The lowest BCUT2D eigenvalue weighted by Crippen LogP contribution is -2.07. The average Bonchev–Trinajstić information content (AvgIpc) is 2.72. The number of ether oxygens (including phenoxy) is 1. The van der Waals surface area contributed by atoms with Crippen LogP contribution in [0.1, 0.15) is 18.3 Å². The molecule has 0 fully saturated rings. The minimum atomic E-state index is -0.399. The number of nitrogens with zero attached hydrogens (tertiary/aromatic N) is 2. The first-order chi connectivity index (χ1) is 9.01. The monoisotopic (exact) mass is 327 g/mol. The van der Waals surface area contributed by atoms with Gasteiger partial charge in [0.05, 0.1) is 21.5 Å². The summed E-state index contributed by atoms with van der Waals surface area (Å²) in [5.41, 5.74) is 8.04. The molecular weight excluding hydrogens is 313 g/mol. The first-order valence-corrected chi connectivity index (χ1v) is 6.71. The van der Waals surface area contributed by atoms with E-state index in [1.807, 2.05) is 24.6 Å². The smallest absolute Gasteiger partial charge is 0.145 e. The first kappa shape index (κ1) is 13.9. The summed E-state index contributed by atoms with van der Waals surface area (Å²) in [5.74, 6) is -0.0633. The molecule has 1 heterocycles. The van der Waals surface area contributed by atoms with Gasteiger partial charge in [-0.3, -0.25) is 4.68 Å². The van der Waals surface area contributed by atoms with E-state index >= 15 is 0 Å². The molecule has 1 aromatic heterocycles. The lowest BCUT2D eigenvalue weighted by atomic mass is 10.3. The zero-order chi connectivity index (χ0) is 14.0. The van der Waals surface area contributed by atoms with Crippen molar-refractivity contribution in [3.05, 3.63) is 39.9 Å². The van der Waals surface area contributed by atoms with E-state index in [9.17, 15) is 4.39 Å². The summed E-state index contributed by atoms with van der Waals surface area (Å²) >= 11 is 3.08. The molecule has 0 aliphatic carbocycles. The van der Waals surface area contributed by atoms with Gasteiger partial charge in [0, 0.05) is 12.6 Å². The van der Waals surface area contributed by atoms with Crippen LogP contribution in [-0.4, -0.2) is 9.78 Å². The Kier molecular flexibility index (Phi) is 4.09. The zero-order valence-electron chi connectivity index (χ0n) is 10.8. The second-order valence-corrected chi connectivity index (χ2v) is 5.04. The SMILES string of the molecule is CCn1nc(C)cc1COc1cc(F)c(Br)cc1N. The van der Waals surface area contributed by atoms with Crippen molar-refractivity contribution in [1.29, 1.82) is 0 Å². The predicted molar refractivity (Wildman–Crippen MR) is 75.5 cm³/mol. The highest BCUT2D eigenvalue weighted by atomic mass is 79.9. The maximum atomic E-state index is 13.4. The Labute approximate surface area is 119 Å². The van der Waals surface area contributed by atoms with Gasteiger partial charge in [0.15, 0.2) is 0 Å².